The Bertz CT molecular complexity index is 635. The number of carbonyl (C=O) groups excluding carboxylic acids is 2. The smallest absolute Gasteiger partial charge is 0.324 e. The van der Waals surface area contributed by atoms with Gasteiger partial charge in [0.2, 0.25) is 0 Å². The summed E-state index contributed by atoms with van der Waals surface area (Å²) in [5.41, 5.74) is 0.231. The van der Waals surface area contributed by atoms with Crippen molar-refractivity contribution in [2.75, 3.05) is 20.8 Å². The van der Waals surface area contributed by atoms with Crippen LogP contribution in [0.1, 0.15) is 44.5 Å². The van der Waals surface area contributed by atoms with E-state index >= 15 is 0 Å². The van der Waals surface area contributed by atoms with E-state index < -0.39 is 25.5 Å². The van der Waals surface area contributed by atoms with Gasteiger partial charge in [-0.05, 0) is 31.4 Å². The van der Waals surface area contributed by atoms with Crippen molar-refractivity contribution in [2.24, 2.45) is 11.8 Å². The fraction of sp³-hybridized carbons (Fsp3) is 0.579. The molecule has 1 rings (SSSR count). The molecule has 0 saturated carbocycles. The van der Waals surface area contributed by atoms with Crippen LogP contribution in [0.4, 0.5) is 0 Å². The molecule has 0 aliphatic carbocycles. The lowest BCUT2D eigenvalue weighted by Crippen LogP contribution is -2.46. The van der Waals surface area contributed by atoms with Crippen molar-refractivity contribution in [3.8, 4) is 11.5 Å². The molecule has 0 amide bonds. The summed E-state index contributed by atoms with van der Waals surface area (Å²) < 4.78 is 27.8. The summed E-state index contributed by atoms with van der Waals surface area (Å²) in [6.45, 7) is 7.18. The van der Waals surface area contributed by atoms with E-state index in [2.05, 4.69) is 0 Å². The summed E-state index contributed by atoms with van der Waals surface area (Å²) in [6.07, 6.45) is 0.637. The zero-order valence-electron chi connectivity index (χ0n) is 16.2. The van der Waals surface area contributed by atoms with E-state index in [1.807, 2.05) is 6.92 Å². The van der Waals surface area contributed by atoms with Gasteiger partial charge in [-0.2, -0.15) is 0 Å². The van der Waals surface area contributed by atoms with Crippen LogP contribution >= 0.6 is 8.46 Å². The van der Waals surface area contributed by atoms with Crippen LogP contribution < -0.4 is 9.47 Å². The topological polar surface area (TPSA) is 78.9 Å². The number of carbonyl (C=O) groups is 2. The molecule has 0 aliphatic heterocycles. The molecule has 0 fully saturated rings. The highest BCUT2D eigenvalue weighted by Gasteiger charge is 2.50. The minimum atomic E-state index is -1.51. The minimum Gasteiger partial charge on any atom is -0.496 e. The van der Waals surface area contributed by atoms with Gasteiger partial charge in [0.05, 0.1) is 26.7 Å². The Balaban J connectivity index is 3.48. The average Bonchev–Trinajstić information content (AvgIpc) is 2.64. The van der Waals surface area contributed by atoms with Crippen LogP contribution in [0.15, 0.2) is 18.2 Å². The molecule has 144 valence electrons. The van der Waals surface area contributed by atoms with Gasteiger partial charge in [-0.3, -0.25) is 14.2 Å². The first-order valence-electron chi connectivity index (χ1n) is 8.55. The molecule has 26 heavy (non-hydrogen) atoms. The lowest BCUT2D eigenvalue weighted by molar-refractivity contribution is -0.147. The van der Waals surface area contributed by atoms with Crippen molar-refractivity contribution in [3.05, 3.63) is 23.8 Å². The molecule has 2 unspecified atom stereocenters. The summed E-state index contributed by atoms with van der Waals surface area (Å²) in [4.78, 5) is 26.0. The SMILES string of the molecule is CCCOC(=O)C(C)(P=O)C(C(=O)c1c(OC)cccc1OC)C(C)C. The third kappa shape index (κ3) is 4.42. The number of methoxy groups -OCH3 is 2. The highest BCUT2D eigenvalue weighted by atomic mass is 31.1. The second-order valence-electron chi connectivity index (χ2n) is 6.50. The van der Waals surface area contributed by atoms with Crippen LogP contribution in [0.5, 0.6) is 11.5 Å². The van der Waals surface area contributed by atoms with Gasteiger partial charge in [-0.25, -0.2) is 0 Å². The van der Waals surface area contributed by atoms with Crippen LogP contribution in [-0.4, -0.2) is 37.7 Å². The van der Waals surface area contributed by atoms with Gasteiger partial charge in [0.25, 0.3) is 0 Å². The van der Waals surface area contributed by atoms with Crippen LogP contribution in [0.3, 0.4) is 0 Å². The number of rotatable bonds is 10. The molecule has 1 aromatic carbocycles. The lowest BCUT2D eigenvalue weighted by atomic mass is 9.77. The molecule has 1 aromatic rings. The Kier molecular flexibility index (Phi) is 8.22. The Morgan fingerprint density at radius 2 is 1.69 bits per heavy atom. The molecule has 0 aliphatic rings. The molecule has 0 bridgehead atoms. The van der Waals surface area contributed by atoms with Crippen molar-refractivity contribution >= 4 is 20.2 Å². The van der Waals surface area contributed by atoms with E-state index in [9.17, 15) is 14.2 Å². The Morgan fingerprint density at radius 3 is 2.08 bits per heavy atom. The summed E-state index contributed by atoms with van der Waals surface area (Å²) in [5, 5.41) is -1.51. The number of hydrogen-bond acceptors (Lipinski definition) is 6. The van der Waals surface area contributed by atoms with Gasteiger partial charge in [-0.1, -0.05) is 26.8 Å². The summed E-state index contributed by atoms with van der Waals surface area (Å²) in [5.74, 6) is -1.49. The highest BCUT2D eigenvalue weighted by molar-refractivity contribution is 7.27. The Morgan fingerprint density at radius 1 is 1.15 bits per heavy atom. The molecule has 0 spiro atoms. The van der Waals surface area contributed by atoms with Crippen molar-refractivity contribution in [3.63, 3.8) is 0 Å². The van der Waals surface area contributed by atoms with Crippen LogP contribution in [0, 0.1) is 11.8 Å². The molecule has 0 saturated heterocycles. The zero-order valence-corrected chi connectivity index (χ0v) is 17.1. The maximum Gasteiger partial charge on any atom is 0.324 e. The van der Waals surface area contributed by atoms with Gasteiger partial charge in [0.15, 0.2) is 19.4 Å². The van der Waals surface area contributed by atoms with E-state index in [1.165, 1.54) is 21.1 Å². The lowest BCUT2D eigenvalue weighted by Gasteiger charge is -2.32. The first-order valence-corrected chi connectivity index (χ1v) is 9.36. The van der Waals surface area contributed by atoms with E-state index in [0.29, 0.717) is 17.9 Å². The molecule has 0 N–H and O–H groups in total. The predicted molar refractivity (Wildman–Crippen MR) is 99.5 cm³/mol. The third-order valence-corrected chi connectivity index (χ3v) is 5.11. The van der Waals surface area contributed by atoms with Crippen molar-refractivity contribution in [1.82, 2.24) is 0 Å². The minimum absolute atomic E-state index is 0.209. The predicted octanol–water partition coefficient (Wildman–Crippen LogP) is 4.16. The number of hydrogen-bond donors (Lipinski definition) is 0. The van der Waals surface area contributed by atoms with Gasteiger partial charge in [0.1, 0.15) is 17.1 Å². The van der Waals surface area contributed by atoms with Crippen LogP contribution in [0.2, 0.25) is 0 Å². The third-order valence-electron chi connectivity index (χ3n) is 4.27. The molecule has 2 atom stereocenters. The van der Waals surface area contributed by atoms with E-state index in [-0.39, 0.29) is 23.9 Å². The Labute approximate surface area is 156 Å². The first kappa shape index (κ1) is 22.1. The van der Waals surface area contributed by atoms with E-state index in [1.54, 1.807) is 32.0 Å². The van der Waals surface area contributed by atoms with Crippen LogP contribution in [0.25, 0.3) is 0 Å². The largest absolute Gasteiger partial charge is 0.496 e. The summed E-state index contributed by atoms with van der Waals surface area (Å²) >= 11 is 0. The summed E-state index contributed by atoms with van der Waals surface area (Å²) in [6, 6.07) is 5.00. The number of benzene rings is 1. The average molecular weight is 382 g/mol. The summed E-state index contributed by atoms with van der Waals surface area (Å²) in [7, 11) is 2.44. The first-order chi connectivity index (χ1) is 12.3. The van der Waals surface area contributed by atoms with Crippen molar-refractivity contribution < 1.29 is 28.4 Å². The molecule has 7 heteroatoms. The standard InChI is InChI=1S/C19H27O6P/c1-7-11-25-18(21)19(4,26-22)16(12(2)3)17(20)15-13(23-5)9-8-10-14(15)24-6/h8-10,12,16H,7,11H2,1-6H3. The highest BCUT2D eigenvalue weighted by Crippen LogP contribution is 2.42. The second kappa shape index (κ2) is 9.67. The zero-order chi connectivity index (χ0) is 19.9. The fourth-order valence-electron chi connectivity index (χ4n) is 3.02. The van der Waals surface area contributed by atoms with Crippen LogP contribution in [-0.2, 0) is 14.1 Å². The quantitative estimate of drug-likeness (QED) is 0.343. The fourth-order valence-corrected chi connectivity index (χ4v) is 3.69. The molecule has 0 aromatic heterocycles. The molecular formula is C19H27O6P. The normalized spacial score (nSPS) is 14.6. The van der Waals surface area contributed by atoms with Crippen molar-refractivity contribution in [2.45, 2.75) is 39.3 Å². The number of ether oxygens (including phenoxy) is 3. The Hall–Kier alpha value is -1.94. The van der Waals surface area contributed by atoms with Crippen molar-refractivity contribution in [1.29, 1.82) is 0 Å². The molecule has 0 radical (unpaired) electrons. The number of Topliss-reactive ketones (excluding diaryl/α,β-unsaturated/α-hetero) is 1. The maximum absolute atomic E-state index is 13.4. The van der Waals surface area contributed by atoms with Gasteiger partial charge < -0.3 is 14.2 Å². The monoisotopic (exact) mass is 382 g/mol. The second-order valence-corrected chi connectivity index (χ2v) is 7.61. The van der Waals surface area contributed by atoms with Gasteiger partial charge >= 0.3 is 5.97 Å². The van der Waals surface area contributed by atoms with Gasteiger partial charge in [-0.15, -0.1) is 0 Å². The number of ketones is 1. The van der Waals surface area contributed by atoms with Gasteiger partial charge in [0, 0.05) is 0 Å². The molecular weight excluding hydrogens is 355 g/mol. The number of esters is 1. The molecule has 0 heterocycles. The van der Waals surface area contributed by atoms with E-state index in [0.717, 1.165) is 0 Å². The maximum atomic E-state index is 13.4. The molecule has 6 nitrogen and oxygen atoms in total. The van der Waals surface area contributed by atoms with E-state index in [4.69, 9.17) is 14.2 Å².